The molecule has 0 unspecified atom stereocenters. The van der Waals surface area contributed by atoms with Gasteiger partial charge in [0.05, 0.1) is 12.7 Å². The Morgan fingerprint density at radius 2 is 1.96 bits per heavy atom. The van der Waals surface area contributed by atoms with Gasteiger partial charge >= 0.3 is 5.97 Å². The normalized spacial score (nSPS) is 22.4. The molecular weight excluding hydrogens is 350 g/mol. The summed E-state index contributed by atoms with van der Waals surface area (Å²) in [7, 11) is 0. The number of rotatable bonds is 9. The summed E-state index contributed by atoms with van der Waals surface area (Å²) in [5.74, 6) is -0.553. The average Bonchev–Trinajstić information content (AvgIpc) is 2.58. The van der Waals surface area contributed by atoms with Gasteiger partial charge in [-0.25, -0.2) is 4.79 Å². The van der Waals surface area contributed by atoms with Crippen LogP contribution in [-0.4, -0.2) is 48.9 Å². The molecule has 1 amide bonds. The summed E-state index contributed by atoms with van der Waals surface area (Å²) in [4.78, 5) is 23.4. The van der Waals surface area contributed by atoms with Crippen LogP contribution in [0.3, 0.4) is 0 Å². The summed E-state index contributed by atoms with van der Waals surface area (Å²) >= 11 is 0. The molecule has 1 aromatic carbocycles. The number of carbonyl (C=O) groups excluding carboxylic acids is 1. The van der Waals surface area contributed by atoms with Crippen LogP contribution in [0.4, 0.5) is 0 Å². The van der Waals surface area contributed by atoms with Crippen LogP contribution in [0.1, 0.15) is 49.9 Å². The van der Waals surface area contributed by atoms with E-state index in [9.17, 15) is 9.59 Å². The molecule has 7 nitrogen and oxygen atoms in total. The second kappa shape index (κ2) is 8.17. The van der Waals surface area contributed by atoms with Gasteiger partial charge in [-0.3, -0.25) is 4.79 Å². The van der Waals surface area contributed by atoms with Gasteiger partial charge in [0.2, 0.25) is 0 Å². The molecular formula is C20H27NO6. The van der Waals surface area contributed by atoms with Crippen molar-refractivity contribution in [3.05, 3.63) is 23.8 Å². The van der Waals surface area contributed by atoms with E-state index >= 15 is 0 Å². The number of benzene rings is 1. The Bertz CT molecular complexity index is 700. The number of hydrogen-bond donors (Lipinski definition) is 2. The molecule has 2 saturated carbocycles. The zero-order chi connectivity index (χ0) is 19.4. The number of hydrogen-bond acceptors (Lipinski definition) is 5. The maximum absolute atomic E-state index is 12.7. The van der Waals surface area contributed by atoms with Crippen molar-refractivity contribution in [2.24, 2.45) is 5.41 Å². The SMILES string of the molecule is CCOc1cc(C(=O)N[C@@H]2C[C@@H](OCC)C23CCC3)ccc1OCC(=O)O. The minimum Gasteiger partial charge on any atom is -0.490 e. The Kier molecular flexibility index (Phi) is 5.89. The molecule has 2 N–H and O–H groups in total. The molecule has 0 heterocycles. The monoisotopic (exact) mass is 377 g/mol. The van der Waals surface area contributed by atoms with Crippen LogP contribution in [0.25, 0.3) is 0 Å². The van der Waals surface area contributed by atoms with Crippen molar-refractivity contribution in [3.8, 4) is 11.5 Å². The molecule has 7 heteroatoms. The Balaban J connectivity index is 1.67. The van der Waals surface area contributed by atoms with Crippen molar-refractivity contribution >= 4 is 11.9 Å². The smallest absolute Gasteiger partial charge is 0.341 e. The summed E-state index contributed by atoms with van der Waals surface area (Å²) in [6, 6.07) is 4.93. The van der Waals surface area contributed by atoms with E-state index in [0.29, 0.717) is 30.3 Å². The molecule has 148 valence electrons. The van der Waals surface area contributed by atoms with Gasteiger partial charge in [0.15, 0.2) is 18.1 Å². The van der Waals surface area contributed by atoms with Crippen molar-refractivity contribution in [2.75, 3.05) is 19.8 Å². The van der Waals surface area contributed by atoms with E-state index in [-0.39, 0.29) is 23.5 Å². The molecule has 0 radical (unpaired) electrons. The number of nitrogens with one attached hydrogen (secondary N) is 1. The zero-order valence-electron chi connectivity index (χ0n) is 15.8. The first-order valence-electron chi connectivity index (χ1n) is 9.54. The topological polar surface area (TPSA) is 94.1 Å². The number of carbonyl (C=O) groups is 2. The Hall–Kier alpha value is -2.28. The van der Waals surface area contributed by atoms with Crippen LogP contribution in [-0.2, 0) is 9.53 Å². The van der Waals surface area contributed by atoms with Crippen molar-refractivity contribution in [1.82, 2.24) is 5.32 Å². The van der Waals surface area contributed by atoms with Crippen molar-refractivity contribution in [2.45, 2.75) is 51.7 Å². The summed E-state index contributed by atoms with van der Waals surface area (Å²) in [6.07, 6.45) is 4.45. The van der Waals surface area contributed by atoms with E-state index in [0.717, 1.165) is 19.3 Å². The van der Waals surface area contributed by atoms with E-state index < -0.39 is 12.6 Å². The molecule has 0 saturated heterocycles. The molecule has 27 heavy (non-hydrogen) atoms. The zero-order valence-corrected chi connectivity index (χ0v) is 15.8. The quantitative estimate of drug-likeness (QED) is 0.687. The first-order chi connectivity index (χ1) is 13.0. The molecule has 3 rings (SSSR count). The van der Waals surface area contributed by atoms with Gasteiger partial charge in [-0.1, -0.05) is 6.42 Å². The highest BCUT2D eigenvalue weighted by Gasteiger charge is 2.59. The molecule has 1 spiro atoms. The minimum absolute atomic E-state index is 0.0962. The van der Waals surface area contributed by atoms with E-state index in [2.05, 4.69) is 5.32 Å². The fourth-order valence-electron chi connectivity index (χ4n) is 4.06. The number of carboxylic acid groups (broad SMARTS) is 1. The summed E-state index contributed by atoms with van der Waals surface area (Å²) in [5, 5.41) is 11.9. The third-order valence-corrected chi connectivity index (χ3v) is 5.60. The Morgan fingerprint density at radius 1 is 1.19 bits per heavy atom. The lowest BCUT2D eigenvalue weighted by Crippen LogP contribution is -2.67. The highest BCUT2D eigenvalue weighted by Crippen LogP contribution is 2.57. The maximum Gasteiger partial charge on any atom is 0.341 e. The highest BCUT2D eigenvalue weighted by atomic mass is 16.5. The lowest BCUT2D eigenvalue weighted by Gasteiger charge is -2.61. The first-order valence-corrected chi connectivity index (χ1v) is 9.54. The number of carboxylic acids is 1. The summed E-state index contributed by atoms with van der Waals surface area (Å²) in [5.41, 5.74) is 0.564. The molecule has 2 atom stereocenters. The fourth-order valence-corrected chi connectivity index (χ4v) is 4.06. The Morgan fingerprint density at radius 3 is 2.56 bits per heavy atom. The van der Waals surface area contributed by atoms with Gasteiger partial charge in [-0.05, 0) is 51.3 Å². The van der Waals surface area contributed by atoms with Crippen LogP contribution in [0.5, 0.6) is 11.5 Å². The van der Waals surface area contributed by atoms with E-state index in [1.54, 1.807) is 18.2 Å². The average molecular weight is 377 g/mol. The van der Waals surface area contributed by atoms with E-state index in [4.69, 9.17) is 19.3 Å². The second-order valence-electron chi connectivity index (χ2n) is 7.07. The third-order valence-electron chi connectivity index (χ3n) is 5.60. The van der Waals surface area contributed by atoms with Gasteiger partial charge in [-0.15, -0.1) is 0 Å². The molecule has 0 aromatic heterocycles. The van der Waals surface area contributed by atoms with Crippen molar-refractivity contribution in [3.63, 3.8) is 0 Å². The van der Waals surface area contributed by atoms with Crippen LogP contribution >= 0.6 is 0 Å². The maximum atomic E-state index is 12.7. The standard InChI is InChI=1S/C20H27NO6/c1-3-25-15-10-13(6-7-14(15)27-12-18(22)23)19(24)21-16-11-17(26-4-2)20(16)8-5-9-20/h6-7,10,16-17H,3-5,8-9,11-12H2,1-2H3,(H,21,24)(H,22,23)/t16-,17-/m1/s1. The fraction of sp³-hybridized carbons (Fsp3) is 0.600. The molecule has 0 bridgehead atoms. The predicted molar refractivity (Wildman–Crippen MR) is 98.3 cm³/mol. The predicted octanol–water partition coefficient (Wildman–Crippen LogP) is 2.63. The van der Waals surface area contributed by atoms with Crippen LogP contribution < -0.4 is 14.8 Å². The molecule has 1 aromatic rings. The lowest BCUT2D eigenvalue weighted by atomic mass is 9.51. The largest absolute Gasteiger partial charge is 0.490 e. The lowest BCUT2D eigenvalue weighted by molar-refractivity contribution is -0.169. The summed E-state index contributed by atoms with van der Waals surface area (Å²) in [6.45, 7) is 4.44. The summed E-state index contributed by atoms with van der Waals surface area (Å²) < 4.78 is 16.6. The molecule has 2 fully saturated rings. The van der Waals surface area contributed by atoms with Gasteiger partial charge in [0.25, 0.3) is 5.91 Å². The van der Waals surface area contributed by atoms with Crippen molar-refractivity contribution < 1.29 is 28.9 Å². The van der Waals surface area contributed by atoms with Gasteiger partial charge in [0, 0.05) is 23.6 Å². The highest BCUT2D eigenvalue weighted by molar-refractivity contribution is 5.95. The van der Waals surface area contributed by atoms with Gasteiger partial charge in [0.1, 0.15) is 0 Å². The van der Waals surface area contributed by atoms with Crippen LogP contribution in [0.2, 0.25) is 0 Å². The molecule has 2 aliphatic rings. The van der Waals surface area contributed by atoms with Crippen LogP contribution in [0, 0.1) is 5.41 Å². The molecule has 0 aliphatic heterocycles. The minimum atomic E-state index is -1.07. The third kappa shape index (κ3) is 3.88. The van der Waals surface area contributed by atoms with Gasteiger partial charge < -0.3 is 24.6 Å². The van der Waals surface area contributed by atoms with Gasteiger partial charge in [-0.2, -0.15) is 0 Å². The second-order valence-corrected chi connectivity index (χ2v) is 7.07. The first kappa shape index (κ1) is 19.5. The molecule has 2 aliphatic carbocycles. The van der Waals surface area contributed by atoms with Crippen LogP contribution in [0.15, 0.2) is 18.2 Å². The number of ether oxygens (including phenoxy) is 3. The van der Waals surface area contributed by atoms with E-state index in [1.165, 1.54) is 6.42 Å². The Labute approximate surface area is 159 Å². The number of amides is 1. The van der Waals surface area contributed by atoms with E-state index in [1.807, 2.05) is 13.8 Å². The van der Waals surface area contributed by atoms with Crippen molar-refractivity contribution in [1.29, 1.82) is 0 Å². The number of aliphatic carboxylic acids is 1.